The van der Waals surface area contributed by atoms with Gasteiger partial charge in [0.15, 0.2) is 0 Å². The third-order valence-corrected chi connectivity index (χ3v) is 4.71. The summed E-state index contributed by atoms with van der Waals surface area (Å²) >= 11 is 1.54. The Kier molecular flexibility index (Phi) is 4.71. The average molecular weight is 329 g/mol. The highest BCUT2D eigenvalue weighted by Crippen LogP contribution is 2.33. The van der Waals surface area contributed by atoms with E-state index in [1.54, 1.807) is 6.20 Å². The summed E-state index contributed by atoms with van der Waals surface area (Å²) in [5, 5.41) is 6.58. The molecule has 2 aromatic rings. The lowest BCUT2D eigenvalue weighted by molar-refractivity contribution is -0.119. The van der Waals surface area contributed by atoms with E-state index in [-0.39, 0.29) is 17.9 Å². The molecule has 0 aromatic carbocycles. The van der Waals surface area contributed by atoms with Crippen molar-refractivity contribution < 1.29 is 9.59 Å². The number of nitrogens with zero attached hydrogens (tertiary/aromatic N) is 2. The Hall–Kier alpha value is -2.21. The van der Waals surface area contributed by atoms with Crippen LogP contribution in [-0.4, -0.2) is 28.2 Å². The molecule has 0 radical (unpaired) electrons. The lowest BCUT2D eigenvalue weighted by Crippen LogP contribution is -2.30. The first-order valence-corrected chi connectivity index (χ1v) is 8.62. The van der Waals surface area contributed by atoms with Crippen LogP contribution >= 0.6 is 11.3 Å². The van der Waals surface area contributed by atoms with Crippen LogP contribution in [0.4, 0.5) is 0 Å². The summed E-state index contributed by atoms with van der Waals surface area (Å²) in [7, 11) is 0. The molecule has 1 aliphatic heterocycles. The smallest absolute Gasteiger partial charge is 0.255 e. The third kappa shape index (κ3) is 3.59. The standard InChI is InChI=1S/C17H19N3O2S/c1-12(21)19-10-15-9-13(4-6-18-15)16-3-2-7-20(16)17(22)14-5-8-23-11-14/h4-6,8-9,11,16H,2-3,7,10H2,1H3,(H,19,21)/t16-/m0/s1. The van der Waals surface area contributed by atoms with Gasteiger partial charge in [-0.2, -0.15) is 11.3 Å². The average Bonchev–Trinajstić information content (AvgIpc) is 3.23. The molecule has 0 saturated carbocycles. The Bertz CT molecular complexity index is 700. The van der Waals surface area contributed by atoms with E-state index in [1.165, 1.54) is 18.3 Å². The van der Waals surface area contributed by atoms with Gasteiger partial charge < -0.3 is 10.2 Å². The van der Waals surface area contributed by atoms with Gasteiger partial charge in [-0.05, 0) is 42.0 Å². The molecule has 1 aliphatic rings. The number of hydrogen-bond acceptors (Lipinski definition) is 4. The van der Waals surface area contributed by atoms with E-state index in [0.717, 1.165) is 36.2 Å². The predicted molar refractivity (Wildman–Crippen MR) is 89.1 cm³/mol. The zero-order chi connectivity index (χ0) is 16.2. The summed E-state index contributed by atoms with van der Waals surface area (Å²) in [6.07, 6.45) is 3.71. The van der Waals surface area contributed by atoms with Crippen LogP contribution in [0.25, 0.3) is 0 Å². The SMILES string of the molecule is CC(=O)NCc1cc([C@@H]2CCCN2C(=O)c2ccsc2)ccn1. The molecule has 23 heavy (non-hydrogen) atoms. The Balaban J connectivity index is 1.78. The Labute approximate surface area is 139 Å². The van der Waals surface area contributed by atoms with E-state index >= 15 is 0 Å². The number of pyridine rings is 1. The van der Waals surface area contributed by atoms with E-state index < -0.39 is 0 Å². The first kappa shape index (κ1) is 15.7. The number of amides is 2. The van der Waals surface area contributed by atoms with Crippen molar-refractivity contribution in [2.45, 2.75) is 32.4 Å². The summed E-state index contributed by atoms with van der Waals surface area (Å²) in [4.78, 5) is 29.9. The maximum Gasteiger partial charge on any atom is 0.255 e. The van der Waals surface area contributed by atoms with Crippen LogP contribution in [-0.2, 0) is 11.3 Å². The van der Waals surface area contributed by atoms with Crippen LogP contribution in [0.15, 0.2) is 35.2 Å². The van der Waals surface area contributed by atoms with Crippen molar-refractivity contribution in [2.24, 2.45) is 0 Å². The Morgan fingerprint density at radius 3 is 3.04 bits per heavy atom. The molecule has 1 fully saturated rings. The van der Waals surface area contributed by atoms with Gasteiger partial charge in [-0.25, -0.2) is 0 Å². The molecule has 2 amide bonds. The van der Waals surface area contributed by atoms with Crippen molar-refractivity contribution in [3.05, 3.63) is 52.0 Å². The monoisotopic (exact) mass is 329 g/mol. The molecule has 120 valence electrons. The van der Waals surface area contributed by atoms with Crippen LogP contribution in [0.5, 0.6) is 0 Å². The van der Waals surface area contributed by atoms with Crippen LogP contribution in [0.1, 0.15) is 47.4 Å². The van der Waals surface area contributed by atoms with Gasteiger partial charge in [0.1, 0.15) is 0 Å². The molecular weight excluding hydrogens is 310 g/mol. The fraction of sp³-hybridized carbons (Fsp3) is 0.353. The minimum Gasteiger partial charge on any atom is -0.351 e. The van der Waals surface area contributed by atoms with Crippen molar-refractivity contribution in [3.8, 4) is 0 Å². The Morgan fingerprint density at radius 1 is 1.43 bits per heavy atom. The molecule has 3 rings (SSSR count). The number of thiophene rings is 1. The number of hydrogen-bond donors (Lipinski definition) is 1. The number of rotatable bonds is 4. The highest BCUT2D eigenvalue weighted by Gasteiger charge is 2.30. The molecule has 1 atom stereocenters. The van der Waals surface area contributed by atoms with Gasteiger partial charge in [0.2, 0.25) is 5.91 Å². The highest BCUT2D eigenvalue weighted by atomic mass is 32.1. The molecule has 1 N–H and O–H groups in total. The molecule has 6 heteroatoms. The van der Waals surface area contributed by atoms with Crippen molar-refractivity contribution >= 4 is 23.2 Å². The normalized spacial score (nSPS) is 17.3. The number of carbonyl (C=O) groups excluding carboxylic acids is 2. The molecular formula is C17H19N3O2S. The molecule has 3 heterocycles. The lowest BCUT2D eigenvalue weighted by Gasteiger charge is -2.25. The zero-order valence-corrected chi connectivity index (χ0v) is 13.8. The summed E-state index contributed by atoms with van der Waals surface area (Å²) in [5.74, 6) is 0.0151. The quantitative estimate of drug-likeness (QED) is 0.938. The minimum absolute atomic E-state index is 0.0765. The maximum absolute atomic E-state index is 12.7. The zero-order valence-electron chi connectivity index (χ0n) is 13.0. The van der Waals surface area contributed by atoms with Crippen molar-refractivity contribution in [1.29, 1.82) is 0 Å². The predicted octanol–water partition coefficient (Wildman–Crippen LogP) is 2.76. The molecule has 5 nitrogen and oxygen atoms in total. The molecule has 0 aliphatic carbocycles. The molecule has 1 saturated heterocycles. The van der Waals surface area contributed by atoms with Gasteiger partial charge in [0, 0.05) is 25.0 Å². The fourth-order valence-corrected chi connectivity index (χ4v) is 3.55. The van der Waals surface area contributed by atoms with E-state index in [9.17, 15) is 9.59 Å². The number of carbonyl (C=O) groups is 2. The van der Waals surface area contributed by atoms with Crippen LogP contribution in [0.3, 0.4) is 0 Å². The molecule has 0 bridgehead atoms. The second-order valence-corrected chi connectivity index (χ2v) is 6.44. The summed E-state index contributed by atoms with van der Waals surface area (Å²) in [6, 6.07) is 5.90. The minimum atomic E-state index is -0.0765. The van der Waals surface area contributed by atoms with Gasteiger partial charge in [0.05, 0.1) is 23.8 Å². The molecule has 0 spiro atoms. The Morgan fingerprint density at radius 2 is 2.30 bits per heavy atom. The second-order valence-electron chi connectivity index (χ2n) is 5.66. The third-order valence-electron chi connectivity index (χ3n) is 4.03. The van der Waals surface area contributed by atoms with Crippen LogP contribution in [0, 0.1) is 0 Å². The maximum atomic E-state index is 12.7. The molecule has 2 aromatic heterocycles. The number of nitrogens with one attached hydrogen (secondary N) is 1. The van der Waals surface area contributed by atoms with Gasteiger partial charge in [-0.15, -0.1) is 0 Å². The summed E-state index contributed by atoms with van der Waals surface area (Å²) < 4.78 is 0. The van der Waals surface area contributed by atoms with Gasteiger partial charge in [-0.1, -0.05) is 0 Å². The summed E-state index contributed by atoms with van der Waals surface area (Å²) in [6.45, 7) is 2.68. The van der Waals surface area contributed by atoms with Gasteiger partial charge >= 0.3 is 0 Å². The van der Waals surface area contributed by atoms with Crippen LogP contribution in [0.2, 0.25) is 0 Å². The van der Waals surface area contributed by atoms with Crippen molar-refractivity contribution in [1.82, 2.24) is 15.2 Å². The van der Waals surface area contributed by atoms with Crippen LogP contribution < -0.4 is 5.32 Å². The number of likely N-dealkylation sites (tertiary alicyclic amines) is 1. The van der Waals surface area contributed by atoms with Gasteiger partial charge in [-0.3, -0.25) is 14.6 Å². The topological polar surface area (TPSA) is 62.3 Å². The number of aromatic nitrogens is 1. The fourth-order valence-electron chi connectivity index (χ4n) is 2.92. The van der Waals surface area contributed by atoms with E-state index in [1.807, 2.05) is 33.9 Å². The van der Waals surface area contributed by atoms with Crippen molar-refractivity contribution in [3.63, 3.8) is 0 Å². The first-order chi connectivity index (χ1) is 11.1. The van der Waals surface area contributed by atoms with Crippen molar-refractivity contribution in [2.75, 3.05) is 6.54 Å². The summed E-state index contributed by atoms with van der Waals surface area (Å²) in [5.41, 5.74) is 2.66. The van der Waals surface area contributed by atoms with Gasteiger partial charge in [0.25, 0.3) is 5.91 Å². The first-order valence-electron chi connectivity index (χ1n) is 7.67. The largest absolute Gasteiger partial charge is 0.351 e. The van der Waals surface area contributed by atoms with E-state index in [2.05, 4.69) is 10.3 Å². The highest BCUT2D eigenvalue weighted by molar-refractivity contribution is 7.08. The molecule has 0 unspecified atom stereocenters. The second kappa shape index (κ2) is 6.91. The lowest BCUT2D eigenvalue weighted by atomic mass is 10.0. The van der Waals surface area contributed by atoms with E-state index in [0.29, 0.717) is 6.54 Å². The van der Waals surface area contributed by atoms with E-state index in [4.69, 9.17) is 0 Å².